The number of anilines is 4. The number of para-hydroxylation sites is 2. The largest absolute Gasteiger partial charge is 0.492 e. The van der Waals surface area contributed by atoms with Crippen LogP contribution in [-0.2, 0) is 4.79 Å². The number of carbonyl (C=O) groups excluding carboxylic acids is 2. The fourth-order valence-electron chi connectivity index (χ4n) is 2.55. The lowest BCUT2D eigenvalue weighted by Crippen LogP contribution is -2.15. The molecule has 148 valence electrons. The molecule has 0 aliphatic rings. The van der Waals surface area contributed by atoms with Crippen LogP contribution < -0.4 is 20.7 Å². The van der Waals surface area contributed by atoms with Gasteiger partial charge in [-0.2, -0.15) is 0 Å². The maximum absolute atomic E-state index is 12.6. The fourth-order valence-corrected chi connectivity index (χ4v) is 2.55. The highest BCUT2D eigenvalue weighted by Gasteiger charge is 2.12. The Morgan fingerprint density at radius 2 is 1.69 bits per heavy atom. The van der Waals surface area contributed by atoms with Crippen molar-refractivity contribution in [1.29, 1.82) is 0 Å². The second-order valence-corrected chi connectivity index (χ2v) is 6.03. The molecule has 29 heavy (non-hydrogen) atoms. The van der Waals surface area contributed by atoms with Gasteiger partial charge < -0.3 is 20.7 Å². The summed E-state index contributed by atoms with van der Waals surface area (Å²) in [5, 5.41) is 8.54. The van der Waals surface area contributed by atoms with E-state index in [1.54, 1.807) is 36.4 Å². The maximum atomic E-state index is 12.6. The number of hydrogen-bond donors (Lipinski definition) is 3. The van der Waals surface area contributed by atoms with E-state index in [0.717, 1.165) is 5.69 Å². The Morgan fingerprint density at radius 3 is 2.41 bits per heavy atom. The van der Waals surface area contributed by atoms with Gasteiger partial charge in [0.25, 0.3) is 5.91 Å². The average molecular weight is 391 g/mol. The number of rotatable bonds is 7. The van der Waals surface area contributed by atoms with Crippen molar-refractivity contribution in [2.75, 3.05) is 22.6 Å². The lowest BCUT2D eigenvalue weighted by molar-refractivity contribution is -0.114. The van der Waals surface area contributed by atoms with E-state index >= 15 is 0 Å². The van der Waals surface area contributed by atoms with E-state index < -0.39 is 0 Å². The Bertz CT molecular complexity index is 1010. The minimum absolute atomic E-state index is 0.140. The molecule has 8 nitrogen and oxygen atoms in total. The summed E-state index contributed by atoms with van der Waals surface area (Å²) < 4.78 is 5.52. The monoisotopic (exact) mass is 391 g/mol. The molecule has 3 rings (SSSR count). The first-order valence-electron chi connectivity index (χ1n) is 9.06. The summed E-state index contributed by atoms with van der Waals surface area (Å²) in [6.07, 6.45) is 1.50. The molecule has 2 amide bonds. The van der Waals surface area contributed by atoms with Gasteiger partial charge in [-0.1, -0.05) is 12.1 Å². The third kappa shape index (κ3) is 5.52. The van der Waals surface area contributed by atoms with E-state index in [1.165, 1.54) is 19.2 Å². The summed E-state index contributed by atoms with van der Waals surface area (Å²) >= 11 is 0. The van der Waals surface area contributed by atoms with E-state index in [2.05, 4.69) is 25.9 Å². The Morgan fingerprint density at radius 1 is 0.966 bits per heavy atom. The molecule has 3 aromatic rings. The predicted octanol–water partition coefficient (Wildman–Crippen LogP) is 3.83. The molecular weight excluding hydrogens is 370 g/mol. The van der Waals surface area contributed by atoms with Gasteiger partial charge in [-0.25, -0.2) is 9.97 Å². The highest BCUT2D eigenvalue weighted by atomic mass is 16.5. The molecule has 0 bridgehead atoms. The molecule has 0 saturated heterocycles. The van der Waals surface area contributed by atoms with Gasteiger partial charge in [0.05, 0.1) is 12.3 Å². The molecule has 0 unspecified atom stereocenters. The van der Waals surface area contributed by atoms with Crippen LogP contribution in [0.4, 0.5) is 23.0 Å². The summed E-state index contributed by atoms with van der Waals surface area (Å²) in [6.45, 7) is 3.82. The third-order valence-corrected chi connectivity index (χ3v) is 3.78. The molecule has 0 aliphatic heterocycles. The van der Waals surface area contributed by atoms with Crippen LogP contribution in [0.25, 0.3) is 0 Å². The van der Waals surface area contributed by atoms with Gasteiger partial charge in [-0.05, 0) is 49.4 Å². The molecule has 0 atom stereocenters. The number of hydrogen-bond acceptors (Lipinski definition) is 6. The predicted molar refractivity (Wildman–Crippen MR) is 112 cm³/mol. The van der Waals surface area contributed by atoms with Crippen LogP contribution >= 0.6 is 0 Å². The van der Waals surface area contributed by atoms with Gasteiger partial charge in [0, 0.05) is 24.5 Å². The standard InChI is InChI=1S/C21H21N5O3/c1-3-29-19-7-5-4-6-17(19)25-20(28)18-12-13-22-21(26-18)24-16-10-8-15(9-11-16)23-14(2)27/h4-13H,3H2,1-2H3,(H,23,27)(H,25,28)(H,22,24,26). The van der Waals surface area contributed by atoms with Gasteiger partial charge >= 0.3 is 0 Å². The van der Waals surface area contributed by atoms with Crippen molar-refractivity contribution in [2.24, 2.45) is 0 Å². The number of carbonyl (C=O) groups is 2. The number of amides is 2. The maximum Gasteiger partial charge on any atom is 0.274 e. The zero-order valence-corrected chi connectivity index (χ0v) is 16.1. The molecule has 8 heteroatoms. The van der Waals surface area contributed by atoms with Crippen LogP contribution in [0.5, 0.6) is 5.75 Å². The van der Waals surface area contributed by atoms with Crippen molar-refractivity contribution in [1.82, 2.24) is 9.97 Å². The van der Waals surface area contributed by atoms with Crippen LogP contribution in [0.15, 0.2) is 60.8 Å². The summed E-state index contributed by atoms with van der Waals surface area (Å²) in [5.41, 5.74) is 2.19. The van der Waals surface area contributed by atoms with Gasteiger partial charge in [0.15, 0.2) is 0 Å². The van der Waals surface area contributed by atoms with Crippen LogP contribution in [0.3, 0.4) is 0 Å². The quantitative estimate of drug-likeness (QED) is 0.565. The summed E-state index contributed by atoms with van der Waals surface area (Å²) in [5.74, 6) is 0.361. The van der Waals surface area contributed by atoms with E-state index in [9.17, 15) is 9.59 Å². The van der Waals surface area contributed by atoms with Crippen molar-refractivity contribution >= 4 is 34.8 Å². The van der Waals surface area contributed by atoms with Crippen molar-refractivity contribution in [3.63, 3.8) is 0 Å². The van der Waals surface area contributed by atoms with Gasteiger partial charge in [-0.3, -0.25) is 9.59 Å². The van der Waals surface area contributed by atoms with Gasteiger partial charge in [-0.15, -0.1) is 0 Å². The first kappa shape index (κ1) is 19.8. The number of aromatic nitrogens is 2. The molecule has 3 N–H and O–H groups in total. The molecular formula is C21H21N5O3. The van der Waals surface area contributed by atoms with Gasteiger partial charge in [0.1, 0.15) is 11.4 Å². The van der Waals surface area contributed by atoms with E-state index in [4.69, 9.17) is 4.74 Å². The lowest BCUT2D eigenvalue weighted by Gasteiger charge is -2.11. The van der Waals surface area contributed by atoms with Crippen molar-refractivity contribution in [3.05, 3.63) is 66.5 Å². The molecule has 0 radical (unpaired) electrons. The average Bonchev–Trinajstić information content (AvgIpc) is 2.71. The second kappa shape index (κ2) is 9.32. The minimum Gasteiger partial charge on any atom is -0.492 e. The smallest absolute Gasteiger partial charge is 0.274 e. The van der Waals surface area contributed by atoms with Crippen LogP contribution in [0, 0.1) is 0 Å². The van der Waals surface area contributed by atoms with E-state index in [0.29, 0.717) is 23.7 Å². The molecule has 0 aliphatic carbocycles. The normalized spacial score (nSPS) is 10.1. The number of nitrogens with zero attached hydrogens (tertiary/aromatic N) is 2. The minimum atomic E-state index is -0.372. The lowest BCUT2D eigenvalue weighted by atomic mass is 10.2. The SMILES string of the molecule is CCOc1ccccc1NC(=O)c1ccnc(Nc2ccc(NC(C)=O)cc2)n1. The Hall–Kier alpha value is -3.94. The molecule has 1 heterocycles. The van der Waals surface area contributed by atoms with Crippen LogP contribution in [-0.4, -0.2) is 28.4 Å². The van der Waals surface area contributed by atoms with E-state index in [1.807, 2.05) is 19.1 Å². The highest BCUT2D eigenvalue weighted by molar-refractivity contribution is 6.03. The summed E-state index contributed by atoms with van der Waals surface area (Å²) in [6, 6.07) is 15.8. The first-order valence-corrected chi connectivity index (χ1v) is 9.06. The molecule has 0 spiro atoms. The Labute approximate surface area is 168 Å². The Kier molecular flexibility index (Phi) is 6.36. The van der Waals surface area contributed by atoms with Gasteiger partial charge in [0.2, 0.25) is 11.9 Å². The first-order chi connectivity index (χ1) is 14.0. The Balaban J connectivity index is 1.70. The zero-order valence-electron chi connectivity index (χ0n) is 16.1. The third-order valence-electron chi connectivity index (χ3n) is 3.78. The van der Waals surface area contributed by atoms with Crippen LogP contribution in [0.2, 0.25) is 0 Å². The van der Waals surface area contributed by atoms with Crippen molar-refractivity contribution < 1.29 is 14.3 Å². The molecule has 0 saturated carbocycles. The van der Waals surface area contributed by atoms with Crippen molar-refractivity contribution in [3.8, 4) is 5.75 Å². The zero-order chi connectivity index (χ0) is 20.6. The van der Waals surface area contributed by atoms with Crippen LogP contribution in [0.1, 0.15) is 24.3 Å². The summed E-state index contributed by atoms with van der Waals surface area (Å²) in [7, 11) is 0. The van der Waals surface area contributed by atoms with Crippen molar-refractivity contribution in [2.45, 2.75) is 13.8 Å². The topological polar surface area (TPSA) is 105 Å². The number of ether oxygens (including phenoxy) is 1. The fraction of sp³-hybridized carbons (Fsp3) is 0.143. The molecule has 1 aromatic heterocycles. The molecule has 0 fully saturated rings. The highest BCUT2D eigenvalue weighted by Crippen LogP contribution is 2.24. The second-order valence-electron chi connectivity index (χ2n) is 6.03. The van der Waals surface area contributed by atoms with E-state index in [-0.39, 0.29) is 23.5 Å². The summed E-state index contributed by atoms with van der Waals surface area (Å²) in [4.78, 5) is 32.1. The number of benzene rings is 2. The molecule has 2 aromatic carbocycles. The number of nitrogens with one attached hydrogen (secondary N) is 3.